The molecule has 0 radical (unpaired) electrons. The van der Waals surface area contributed by atoms with Gasteiger partial charge in [-0.2, -0.15) is 0 Å². The molecule has 0 aromatic heterocycles. The number of hydrogen-bond acceptors (Lipinski definition) is 2. The number of hydrogen-bond donors (Lipinski definition) is 0. The van der Waals surface area contributed by atoms with Gasteiger partial charge in [0.2, 0.25) is 0 Å². The molecule has 39 heavy (non-hydrogen) atoms. The number of fused-ring (bicyclic) bond motifs is 2. The second-order valence-electron chi connectivity index (χ2n) is 11.7. The van der Waals surface area contributed by atoms with Crippen LogP contribution < -0.4 is 20.7 Å². The SMILES string of the molecule is C[C@@H](c1cccc2c1Oc1c(P(c3ccccc3)c3ccccc3)cccc1C2(C)C)N(C)S(=O)C(C)(C)C. The van der Waals surface area contributed by atoms with E-state index < -0.39 is 18.9 Å². The van der Waals surface area contributed by atoms with Crippen LogP contribution in [-0.2, 0) is 16.4 Å². The fraction of sp³-hybridized carbons (Fsp3) is 0.294. The largest absolute Gasteiger partial charge is 0.456 e. The number of benzene rings is 4. The molecule has 1 aliphatic heterocycles. The van der Waals surface area contributed by atoms with Crippen LogP contribution in [0.5, 0.6) is 11.5 Å². The second-order valence-corrected chi connectivity index (χ2v) is 16.2. The third kappa shape index (κ3) is 5.11. The van der Waals surface area contributed by atoms with Gasteiger partial charge in [-0.1, -0.05) is 111 Å². The van der Waals surface area contributed by atoms with E-state index in [0.717, 1.165) is 22.6 Å². The molecule has 5 heteroatoms. The van der Waals surface area contributed by atoms with Gasteiger partial charge in [0.25, 0.3) is 0 Å². The maximum Gasteiger partial charge on any atom is 0.139 e. The molecule has 0 N–H and O–H groups in total. The normalized spacial score (nSPS) is 15.8. The molecule has 0 bridgehead atoms. The van der Waals surface area contributed by atoms with Crippen LogP contribution >= 0.6 is 7.92 Å². The minimum atomic E-state index is -1.16. The van der Waals surface area contributed by atoms with Gasteiger partial charge in [-0.3, -0.25) is 0 Å². The second kappa shape index (κ2) is 10.7. The molecule has 0 aliphatic carbocycles. The molecule has 4 aromatic rings. The Labute approximate surface area is 237 Å². The fourth-order valence-electron chi connectivity index (χ4n) is 5.39. The molecule has 1 unspecified atom stereocenters. The van der Waals surface area contributed by atoms with Crippen molar-refractivity contribution < 1.29 is 8.95 Å². The van der Waals surface area contributed by atoms with Gasteiger partial charge < -0.3 is 4.74 Å². The van der Waals surface area contributed by atoms with Gasteiger partial charge in [0.05, 0.1) is 15.7 Å². The number of para-hydroxylation sites is 2. The Morgan fingerprint density at radius 2 is 1.28 bits per heavy atom. The molecule has 0 amide bonds. The first-order chi connectivity index (χ1) is 18.5. The molecule has 202 valence electrons. The summed E-state index contributed by atoms with van der Waals surface area (Å²) in [4.78, 5) is 0. The molecular formula is C34H38NO2PS. The highest BCUT2D eigenvalue weighted by atomic mass is 32.2. The van der Waals surface area contributed by atoms with E-state index in [1.54, 1.807) is 0 Å². The Morgan fingerprint density at radius 3 is 1.82 bits per heavy atom. The average Bonchev–Trinajstić information content (AvgIpc) is 2.93. The maximum atomic E-state index is 13.3. The molecule has 4 aromatic carbocycles. The summed E-state index contributed by atoms with van der Waals surface area (Å²) >= 11 is 0. The first kappa shape index (κ1) is 27.8. The third-order valence-electron chi connectivity index (χ3n) is 7.64. The van der Waals surface area contributed by atoms with Crippen molar-refractivity contribution in [3.8, 4) is 11.5 Å². The van der Waals surface area contributed by atoms with Gasteiger partial charge in [0, 0.05) is 40.5 Å². The van der Waals surface area contributed by atoms with Crippen LogP contribution in [0.15, 0.2) is 97.1 Å². The molecule has 0 fully saturated rings. The van der Waals surface area contributed by atoms with Crippen LogP contribution in [0.2, 0.25) is 0 Å². The first-order valence-corrected chi connectivity index (χ1v) is 16.0. The van der Waals surface area contributed by atoms with Crippen molar-refractivity contribution in [3.05, 3.63) is 114 Å². The maximum absolute atomic E-state index is 13.3. The first-order valence-electron chi connectivity index (χ1n) is 13.5. The van der Waals surface area contributed by atoms with Gasteiger partial charge >= 0.3 is 0 Å². The summed E-state index contributed by atoms with van der Waals surface area (Å²) in [5.41, 5.74) is 3.16. The van der Waals surface area contributed by atoms with Crippen molar-refractivity contribution in [2.45, 2.75) is 57.7 Å². The Kier molecular flexibility index (Phi) is 7.59. The lowest BCUT2D eigenvalue weighted by molar-refractivity contribution is 0.379. The lowest BCUT2D eigenvalue weighted by Crippen LogP contribution is -2.37. The number of ether oxygens (including phenoxy) is 1. The van der Waals surface area contributed by atoms with Crippen LogP contribution in [0, 0.1) is 0 Å². The predicted octanol–water partition coefficient (Wildman–Crippen LogP) is 7.33. The van der Waals surface area contributed by atoms with Gasteiger partial charge in [0.15, 0.2) is 0 Å². The zero-order valence-electron chi connectivity index (χ0n) is 23.9. The van der Waals surface area contributed by atoms with Crippen LogP contribution in [0.3, 0.4) is 0 Å². The zero-order chi connectivity index (χ0) is 27.9. The molecule has 5 rings (SSSR count). The minimum Gasteiger partial charge on any atom is -0.456 e. The summed E-state index contributed by atoms with van der Waals surface area (Å²) < 4.78 is 22.0. The average molecular weight is 556 g/mol. The summed E-state index contributed by atoms with van der Waals surface area (Å²) in [6.45, 7) is 12.8. The van der Waals surface area contributed by atoms with E-state index in [1.165, 1.54) is 21.5 Å². The van der Waals surface area contributed by atoms with Gasteiger partial charge in [0.1, 0.15) is 11.5 Å². The lowest BCUT2D eigenvalue weighted by atomic mass is 9.75. The van der Waals surface area contributed by atoms with Crippen molar-refractivity contribution in [2.75, 3.05) is 7.05 Å². The smallest absolute Gasteiger partial charge is 0.139 e. The van der Waals surface area contributed by atoms with Crippen LogP contribution in [0.4, 0.5) is 0 Å². The highest BCUT2D eigenvalue weighted by Crippen LogP contribution is 2.52. The molecule has 3 nitrogen and oxygen atoms in total. The van der Waals surface area contributed by atoms with Crippen LogP contribution in [0.1, 0.15) is 64.3 Å². The summed E-state index contributed by atoms with van der Waals surface area (Å²) in [6, 6.07) is 34.5. The monoisotopic (exact) mass is 555 g/mol. The highest BCUT2D eigenvalue weighted by Gasteiger charge is 2.39. The Bertz CT molecular complexity index is 1460. The molecule has 1 aliphatic rings. The summed E-state index contributed by atoms with van der Waals surface area (Å²) in [5, 5.41) is 3.80. The van der Waals surface area contributed by atoms with Crippen molar-refractivity contribution >= 4 is 34.8 Å². The number of rotatable bonds is 6. The standard InChI is InChI=1S/C34H38NO2PS/c1-24(35(7)39(36)33(2,3)4)27-20-14-21-28-31(27)37-32-29(34(28,5)6)22-15-23-30(32)38(25-16-10-8-11-17-25)26-18-12-9-13-19-26/h8-24H,1-7H3/t24-,39?/m0/s1. The highest BCUT2D eigenvalue weighted by molar-refractivity contribution is 7.84. The quantitative estimate of drug-likeness (QED) is 0.233. The molecule has 0 spiro atoms. The van der Waals surface area contributed by atoms with Crippen molar-refractivity contribution in [3.63, 3.8) is 0 Å². The minimum absolute atomic E-state index is 0.0886. The van der Waals surface area contributed by atoms with E-state index >= 15 is 0 Å². The van der Waals surface area contributed by atoms with Crippen molar-refractivity contribution in [1.82, 2.24) is 4.31 Å². The van der Waals surface area contributed by atoms with E-state index in [-0.39, 0.29) is 16.2 Å². The van der Waals surface area contributed by atoms with E-state index in [0.29, 0.717) is 0 Å². The predicted molar refractivity (Wildman–Crippen MR) is 168 cm³/mol. The topological polar surface area (TPSA) is 29.5 Å². The van der Waals surface area contributed by atoms with Crippen LogP contribution in [0.25, 0.3) is 0 Å². The van der Waals surface area contributed by atoms with Crippen LogP contribution in [-0.4, -0.2) is 20.3 Å². The molecular weight excluding hydrogens is 517 g/mol. The molecule has 2 atom stereocenters. The zero-order valence-corrected chi connectivity index (χ0v) is 25.6. The van der Waals surface area contributed by atoms with E-state index in [1.807, 2.05) is 32.1 Å². The van der Waals surface area contributed by atoms with Gasteiger partial charge in [-0.05, 0) is 46.2 Å². The Balaban J connectivity index is 1.68. The van der Waals surface area contributed by atoms with Crippen molar-refractivity contribution in [1.29, 1.82) is 0 Å². The van der Waals surface area contributed by atoms with Crippen molar-refractivity contribution in [2.24, 2.45) is 0 Å². The molecule has 1 heterocycles. The van der Waals surface area contributed by atoms with Gasteiger partial charge in [-0.25, -0.2) is 8.51 Å². The van der Waals surface area contributed by atoms with E-state index in [4.69, 9.17) is 4.74 Å². The summed E-state index contributed by atoms with van der Waals surface area (Å²) in [7, 11) is -0.0497. The van der Waals surface area contributed by atoms with E-state index in [2.05, 4.69) is 118 Å². The molecule has 0 saturated carbocycles. The number of nitrogens with zero attached hydrogens (tertiary/aromatic N) is 1. The Morgan fingerprint density at radius 1 is 0.769 bits per heavy atom. The molecule has 0 saturated heterocycles. The third-order valence-corrected chi connectivity index (χ3v) is 12.0. The van der Waals surface area contributed by atoms with Gasteiger partial charge in [-0.15, -0.1) is 0 Å². The summed E-state index contributed by atoms with van der Waals surface area (Å²) in [6.07, 6.45) is 0. The fourth-order valence-corrected chi connectivity index (χ4v) is 9.05. The summed E-state index contributed by atoms with van der Waals surface area (Å²) in [5.74, 6) is 1.84. The Hall–Kier alpha value is -2.78. The van der Waals surface area contributed by atoms with E-state index in [9.17, 15) is 4.21 Å². The lowest BCUT2D eigenvalue weighted by Gasteiger charge is -2.39.